The van der Waals surface area contributed by atoms with E-state index in [-0.39, 0.29) is 23.0 Å². The first-order chi connectivity index (χ1) is 9.95. The van der Waals surface area contributed by atoms with Crippen molar-refractivity contribution in [1.29, 1.82) is 0 Å². The van der Waals surface area contributed by atoms with Gasteiger partial charge in [-0.3, -0.25) is 14.9 Å². The van der Waals surface area contributed by atoms with Crippen molar-refractivity contribution in [1.82, 2.24) is 0 Å². The van der Waals surface area contributed by atoms with Crippen LogP contribution in [0.5, 0.6) is 0 Å². The van der Waals surface area contributed by atoms with E-state index in [1.165, 1.54) is 18.2 Å². The minimum absolute atomic E-state index is 0.0238. The third kappa shape index (κ3) is 4.18. The van der Waals surface area contributed by atoms with Crippen LogP contribution in [0.1, 0.15) is 5.56 Å². The molecule has 0 radical (unpaired) electrons. The van der Waals surface area contributed by atoms with Crippen LogP contribution in [-0.4, -0.2) is 10.8 Å². The lowest BCUT2D eigenvalue weighted by Crippen LogP contribution is -2.14. The van der Waals surface area contributed by atoms with Gasteiger partial charge in [0, 0.05) is 16.8 Å². The lowest BCUT2D eigenvalue weighted by molar-refractivity contribution is -0.384. The molecule has 0 unspecified atom stereocenters. The van der Waals surface area contributed by atoms with E-state index in [9.17, 15) is 14.9 Å². The Kier molecular flexibility index (Phi) is 4.77. The molecule has 5 nitrogen and oxygen atoms in total. The normalized spacial score (nSPS) is 10.2. The molecule has 0 spiro atoms. The molecule has 108 valence electrons. The van der Waals surface area contributed by atoms with Crippen molar-refractivity contribution in [2.75, 3.05) is 5.32 Å². The summed E-state index contributed by atoms with van der Waals surface area (Å²) in [7, 11) is 0. The number of nitrogens with zero attached hydrogens (tertiary/aromatic N) is 1. The fourth-order valence-corrected chi connectivity index (χ4v) is 2.04. The highest BCUT2D eigenvalue weighted by Gasteiger charge is 2.14. The summed E-state index contributed by atoms with van der Waals surface area (Å²) < 4.78 is 0. The quantitative estimate of drug-likeness (QED) is 0.680. The third-order valence-electron chi connectivity index (χ3n) is 2.70. The first-order valence-corrected chi connectivity index (χ1v) is 6.69. The number of rotatable bonds is 4. The van der Waals surface area contributed by atoms with Gasteiger partial charge in [-0.2, -0.15) is 0 Å². The Hall–Kier alpha value is -2.11. The number of halogens is 2. The minimum Gasteiger partial charge on any atom is -0.326 e. The van der Waals surface area contributed by atoms with Crippen molar-refractivity contribution in [2.45, 2.75) is 6.42 Å². The lowest BCUT2D eigenvalue weighted by atomic mass is 10.1. The zero-order valence-corrected chi connectivity index (χ0v) is 12.2. The number of carbonyl (C=O) groups is 1. The van der Waals surface area contributed by atoms with Crippen LogP contribution in [-0.2, 0) is 11.2 Å². The molecule has 0 fully saturated rings. The molecule has 0 atom stereocenters. The molecule has 0 aliphatic rings. The number of anilines is 1. The smallest absolute Gasteiger partial charge is 0.289 e. The van der Waals surface area contributed by atoms with Gasteiger partial charge >= 0.3 is 0 Å². The summed E-state index contributed by atoms with van der Waals surface area (Å²) in [5.74, 6) is -0.283. The van der Waals surface area contributed by atoms with E-state index in [0.29, 0.717) is 10.7 Å². The predicted octanol–water partition coefficient (Wildman–Crippen LogP) is 4.08. The molecule has 1 amide bonds. The Labute approximate surface area is 130 Å². The second-order valence-corrected chi connectivity index (χ2v) is 5.12. The second-order valence-electron chi connectivity index (χ2n) is 4.27. The van der Waals surface area contributed by atoms with Crippen LogP contribution in [0.3, 0.4) is 0 Å². The van der Waals surface area contributed by atoms with Crippen LogP contribution in [0.4, 0.5) is 11.4 Å². The molecule has 1 N–H and O–H groups in total. The van der Waals surface area contributed by atoms with Gasteiger partial charge in [-0.05, 0) is 29.8 Å². The fourth-order valence-electron chi connectivity index (χ4n) is 1.72. The average molecular weight is 325 g/mol. The number of nitro benzene ring substituents is 1. The van der Waals surface area contributed by atoms with E-state index in [1.807, 2.05) is 0 Å². The van der Waals surface area contributed by atoms with E-state index < -0.39 is 4.92 Å². The molecule has 2 rings (SSSR count). The van der Waals surface area contributed by atoms with Crippen LogP contribution in [0, 0.1) is 10.1 Å². The summed E-state index contributed by atoms with van der Waals surface area (Å²) in [6.07, 6.45) is 0.146. The van der Waals surface area contributed by atoms with Crippen LogP contribution in [0.25, 0.3) is 0 Å². The van der Waals surface area contributed by atoms with Gasteiger partial charge in [-0.15, -0.1) is 0 Å². The maximum absolute atomic E-state index is 11.9. The fraction of sp³-hybridized carbons (Fsp3) is 0.0714. The van der Waals surface area contributed by atoms with Gasteiger partial charge in [-0.1, -0.05) is 35.3 Å². The van der Waals surface area contributed by atoms with Crippen molar-refractivity contribution in [2.24, 2.45) is 0 Å². The standard InChI is InChI=1S/C14H10Cl2N2O3/c15-10-3-1-9(2-4-10)7-14(19)17-11-5-6-12(16)13(8-11)18(20)21/h1-6,8H,7H2,(H,17,19). The predicted molar refractivity (Wildman–Crippen MR) is 81.9 cm³/mol. The molecule has 21 heavy (non-hydrogen) atoms. The van der Waals surface area contributed by atoms with Gasteiger partial charge in [-0.25, -0.2) is 0 Å². The van der Waals surface area contributed by atoms with Crippen molar-refractivity contribution < 1.29 is 9.72 Å². The van der Waals surface area contributed by atoms with Crippen molar-refractivity contribution in [3.05, 3.63) is 68.2 Å². The van der Waals surface area contributed by atoms with E-state index in [2.05, 4.69) is 5.32 Å². The summed E-state index contributed by atoms with van der Waals surface area (Å²) in [4.78, 5) is 22.1. The number of hydrogen-bond donors (Lipinski definition) is 1. The molecule has 0 bridgehead atoms. The highest BCUT2D eigenvalue weighted by atomic mass is 35.5. The molecular weight excluding hydrogens is 315 g/mol. The second kappa shape index (κ2) is 6.56. The number of hydrogen-bond acceptors (Lipinski definition) is 3. The molecule has 0 aliphatic carbocycles. The summed E-state index contributed by atoms with van der Waals surface area (Å²) in [5, 5.41) is 14.0. The van der Waals surface area contributed by atoms with E-state index >= 15 is 0 Å². The van der Waals surface area contributed by atoms with E-state index in [0.717, 1.165) is 5.56 Å². The Bertz CT molecular complexity index is 687. The number of nitro groups is 1. The number of amides is 1. The molecular formula is C14H10Cl2N2O3. The summed E-state index contributed by atoms with van der Waals surface area (Å²) in [6.45, 7) is 0. The molecule has 0 saturated carbocycles. The SMILES string of the molecule is O=C(Cc1ccc(Cl)cc1)Nc1ccc(Cl)c([N+](=O)[O-])c1. The number of benzene rings is 2. The number of carbonyl (C=O) groups excluding carboxylic acids is 1. The zero-order valence-electron chi connectivity index (χ0n) is 10.7. The van der Waals surface area contributed by atoms with Gasteiger partial charge < -0.3 is 5.32 Å². The largest absolute Gasteiger partial charge is 0.326 e. The van der Waals surface area contributed by atoms with Crippen molar-refractivity contribution >= 4 is 40.5 Å². The third-order valence-corrected chi connectivity index (χ3v) is 3.28. The molecule has 2 aromatic rings. The monoisotopic (exact) mass is 324 g/mol. The maximum atomic E-state index is 11.9. The number of nitrogens with one attached hydrogen (secondary N) is 1. The van der Waals surface area contributed by atoms with Gasteiger partial charge in [0.1, 0.15) is 5.02 Å². The lowest BCUT2D eigenvalue weighted by Gasteiger charge is -2.06. The van der Waals surface area contributed by atoms with E-state index in [4.69, 9.17) is 23.2 Å². The Morgan fingerprint density at radius 3 is 2.43 bits per heavy atom. The topological polar surface area (TPSA) is 72.2 Å². The van der Waals surface area contributed by atoms with Crippen molar-refractivity contribution in [3.63, 3.8) is 0 Å². The van der Waals surface area contributed by atoms with E-state index in [1.54, 1.807) is 24.3 Å². The highest BCUT2D eigenvalue weighted by Crippen LogP contribution is 2.27. The van der Waals surface area contributed by atoms with Gasteiger partial charge in [0.05, 0.1) is 11.3 Å². The summed E-state index contributed by atoms with van der Waals surface area (Å²) in [5.41, 5.74) is 0.867. The Balaban J connectivity index is 2.07. The van der Waals surface area contributed by atoms with Crippen LogP contribution < -0.4 is 5.32 Å². The summed E-state index contributed by atoms with van der Waals surface area (Å²) in [6, 6.07) is 11.0. The Morgan fingerprint density at radius 1 is 1.14 bits per heavy atom. The first kappa shape index (κ1) is 15.3. The molecule has 0 aromatic heterocycles. The molecule has 0 aliphatic heterocycles. The van der Waals surface area contributed by atoms with Crippen molar-refractivity contribution in [3.8, 4) is 0 Å². The minimum atomic E-state index is -0.600. The first-order valence-electron chi connectivity index (χ1n) is 5.94. The molecule has 2 aromatic carbocycles. The van der Waals surface area contributed by atoms with Gasteiger partial charge in [0.2, 0.25) is 5.91 Å². The summed E-state index contributed by atoms with van der Waals surface area (Å²) >= 11 is 11.5. The van der Waals surface area contributed by atoms with Crippen LogP contribution in [0.2, 0.25) is 10.0 Å². The zero-order chi connectivity index (χ0) is 15.4. The molecule has 0 heterocycles. The van der Waals surface area contributed by atoms with Gasteiger partial charge in [0.15, 0.2) is 0 Å². The average Bonchev–Trinajstić information content (AvgIpc) is 2.43. The van der Waals surface area contributed by atoms with Crippen LogP contribution in [0.15, 0.2) is 42.5 Å². The van der Waals surface area contributed by atoms with Gasteiger partial charge in [0.25, 0.3) is 5.69 Å². The molecule has 7 heteroatoms. The molecule has 0 saturated heterocycles. The Morgan fingerprint density at radius 2 is 1.81 bits per heavy atom. The van der Waals surface area contributed by atoms with Crippen LogP contribution >= 0.6 is 23.2 Å². The maximum Gasteiger partial charge on any atom is 0.289 e. The highest BCUT2D eigenvalue weighted by molar-refractivity contribution is 6.32.